The van der Waals surface area contributed by atoms with Gasteiger partial charge in [0.1, 0.15) is 0 Å². The van der Waals surface area contributed by atoms with E-state index in [0.717, 1.165) is 6.42 Å². The minimum absolute atomic E-state index is 0.0516. The zero-order valence-corrected chi connectivity index (χ0v) is 11.1. The first kappa shape index (κ1) is 11.4. The van der Waals surface area contributed by atoms with Crippen molar-refractivity contribution in [1.29, 1.82) is 0 Å². The van der Waals surface area contributed by atoms with Gasteiger partial charge in [-0.25, -0.2) is 0 Å². The lowest BCUT2D eigenvalue weighted by molar-refractivity contribution is 0.424. The van der Waals surface area contributed by atoms with E-state index in [4.69, 9.17) is 0 Å². The van der Waals surface area contributed by atoms with Gasteiger partial charge in [-0.05, 0) is 46.7 Å². The zero-order chi connectivity index (χ0) is 12.8. The maximum Gasteiger partial charge on any atom is 0.0311 e. The molecule has 0 fully saturated rings. The van der Waals surface area contributed by atoms with Crippen LogP contribution in [0.1, 0.15) is 43.9 Å². The second-order valence-electron chi connectivity index (χ2n) is 6.05. The Morgan fingerprint density at radius 2 is 1.56 bits per heavy atom. The molecule has 2 aromatic heterocycles. The Kier molecular flexibility index (Phi) is 2.31. The molecule has 0 radical (unpaired) electrons. The van der Waals surface area contributed by atoms with E-state index in [1.807, 2.05) is 24.8 Å². The SMILES string of the molecule is CC1(C)CC(C)(c2ccncc2)c2cnccc21. The van der Waals surface area contributed by atoms with Crippen molar-refractivity contribution in [1.82, 2.24) is 9.97 Å². The molecule has 0 saturated heterocycles. The van der Waals surface area contributed by atoms with Crippen molar-refractivity contribution in [3.8, 4) is 0 Å². The molecule has 1 unspecified atom stereocenters. The summed E-state index contributed by atoms with van der Waals surface area (Å²) in [6, 6.07) is 6.41. The molecule has 1 aliphatic carbocycles. The molecule has 0 bridgehead atoms. The molecule has 0 aromatic carbocycles. The Balaban J connectivity index is 2.22. The molecule has 18 heavy (non-hydrogen) atoms. The lowest BCUT2D eigenvalue weighted by Crippen LogP contribution is -2.23. The van der Waals surface area contributed by atoms with Crippen LogP contribution in [0, 0.1) is 0 Å². The molecule has 0 aliphatic heterocycles. The minimum atomic E-state index is 0.0516. The van der Waals surface area contributed by atoms with Crippen LogP contribution in [0.15, 0.2) is 43.0 Å². The summed E-state index contributed by atoms with van der Waals surface area (Å²) in [4.78, 5) is 8.45. The molecular weight excluding hydrogens is 220 g/mol. The van der Waals surface area contributed by atoms with Gasteiger partial charge in [-0.15, -0.1) is 0 Å². The molecule has 0 amide bonds. The molecule has 2 aromatic rings. The molecule has 0 N–H and O–H groups in total. The van der Waals surface area contributed by atoms with E-state index >= 15 is 0 Å². The summed E-state index contributed by atoms with van der Waals surface area (Å²) in [5.74, 6) is 0. The van der Waals surface area contributed by atoms with Crippen molar-refractivity contribution in [3.05, 3.63) is 59.7 Å². The largest absolute Gasteiger partial charge is 0.265 e. The van der Waals surface area contributed by atoms with E-state index < -0.39 is 0 Å². The van der Waals surface area contributed by atoms with Gasteiger partial charge in [0.05, 0.1) is 0 Å². The van der Waals surface area contributed by atoms with Crippen LogP contribution in [-0.2, 0) is 10.8 Å². The third kappa shape index (κ3) is 1.48. The highest BCUT2D eigenvalue weighted by atomic mass is 14.7. The number of pyridine rings is 2. The third-order valence-electron chi connectivity index (χ3n) is 4.26. The van der Waals surface area contributed by atoms with Crippen LogP contribution in [0.4, 0.5) is 0 Å². The second kappa shape index (κ2) is 3.64. The zero-order valence-electron chi connectivity index (χ0n) is 11.1. The molecule has 1 aliphatic rings. The Morgan fingerprint density at radius 3 is 2.28 bits per heavy atom. The highest BCUT2D eigenvalue weighted by molar-refractivity contribution is 5.49. The normalized spacial score (nSPS) is 24.8. The quantitative estimate of drug-likeness (QED) is 0.760. The molecule has 2 nitrogen and oxygen atoms in total. The lowest BCUT2D eigenvalue weighted by atomic mass is 9.75. The van der Waals surface area contributed by atoms with E-state index in [-0.39, 0.29) is 10.8 Å². The van der Waals surface area contributed by atoms with Gasteiger partial charge in [0, 0.05) is 30.2 Å². The summed E-state index contributed by atoms with van der Waals surface area (Å²) in [5, 5.41) is 0. The number of rotatable bonds is 1. The molecule has 3 rings (SSSR count). The highest BCUT2D eigenvalue weighted by Crippen LogP contribution is 2.52. The van der Waals surface area contributed by atoms with Crippen LogP contribution in [0.2, 0.25) is 0 Å². The van der Waals surface area contributed by atoms with Gasteiger partial charge in [0.25, 0.3) is 0 Å². The fourth-order valence-corrected chi connectivity index (χ4v) is 3.48. The molecule has 2 heterocycles. The Bertz CT molecular complexity index is 575. The minimum Gasteiger partial charge on any atom is -0.265 e. The number of nitrogens with zero attached hydrogens (tertiary/aromatic N) is 2. The predicted octanol–water partition coefficient (Wildman–Crippen LogP) is 3.46. The maximum absolute atomic E-state index is 4.33. The van der Waals surface area contributed by atoms with Gasteiger partial charge in [-0.2, -0.15) is 0 Å². The Hall–Kier alpha value is -1.70. The summed E-state index contributed by atoms with van der Waals surface area (Å²) in [5.41, 5.74) is 4.38. The van der Waals surface area contributed by atoms with Crippen LogP contribution in [-0.4, -0.2) is 9.97 Å². The van der Waals surface area contributed by atoms with Crippen LogP contribution in [0.25, 0.3) is 0 Å². The van der Waals surface area contributed by atoms with Gasteiger partial charge in [0.15, 0.2) is 0 Å². The van der Waals surface area contributed by atoms with E-state index in [0.29, 0.717) is 0 Å². The van der Waals surface area contributed by atoms with Gasteiger partial charge in [-0.1, -0.05) is 20.8 Å². The van der Waals surface area contributed by atoms with Gasteiger partial charge < -0.3 is 0 Å². The van der Waals surface area contributed by atoms with Crippen LogP contribution < -0.4 is 0 Å². The first-order valence-corrected chi connectivity index (χ1v) is 6.39. The summed E-state index contributed by atoms with van der Waals surface area (Å²) in [7, 11) is 0. The van der Waals surface area contributed by atoms with Crippen molar-refractivity contribution < 1.29 is 0 Å². The average Bonchev–Trinajstić information content (AvgIpc) is 2.60. The van der Waals surface area contributed by atoms with Crippen molar-refractivity contribution in [3.63, 3.8) is 0 Å². The van der Waals surface area contributed by atoms with Gasteiger partial charge >= 0.3 is 0 Å². The highest BCUT2D eigenvalue weighted by Gasteiger charge is 2.45. The smallest absolute Gasteiger partial charge is 0.0311 e. The van der Waals surface area contributed by atoms with Crippen molar-refractivity contribution in [2.75, 3.05) is 0 Å². The molecule has 1 atom stereocenters. The van der Waals surface area contributed by atoms with Crippen molar-refractivity contribution in [2.24, 2.45) is 0 Å². The Morgan fingerprint density at radius 1 is 0.889 bits per heavy atom. The number of aromatic nitrogens is 2. The third-order valence-corrected chi connectivity index (χ3v) is 4.26. The fraction of sp³-hybridized carbons (Fsp3) is 0.375. The molecule has 0 spiro atoms. The first-order valence-electron chi connectivity index (χ1n) is 6.39. The van der Waals surface area contributed by atoms with E-state index in [1.54, 1.807) is 0 Å². The molecule has 92 valence electrons. The molecule has 0 saturated carbocycles. The van der Waals surface area contributed by atoms with Gasteiger partial charge in [-0.3, -0.25) is 9.97 Å². The predicted molar refractivity (Wildman–Crippen MR) is 72.6 cm³/mol. The summed E-state index contributed by atoms with van der Waals surface area (Å²) in [6.07, 6.45) is 8.80. The van der Waals surface area contributed by atoms with Crippen LogP contribution in [0.5, 0.6) is 0 Å². The number of fused-ring (bicyclic) bond motifs is 1. The van der Waals surface area contributed by atoms with Gasteiger partial charge in [0.2, 0.25) is 0 Å². The van der Waals surface area contributed by atoms with E-state index in [1.165, 1.54) is 16.7 Å². The van der Waals surface area contributed by atoms with Crippen LogP contribution in [0.3, 0.4) is 0 Å². The fourth-order valence-electron chi connectivity index (χ4n) is 3.48. The molecule has 2 heteroatoms. The maximum atomic E-state index is 4.33. The van der Waals surface area contributed by atoms with E-state index in [2.05, 4.69) is 48.9 Å². The monoisotopic (exact) mass is 238 g/mol. The average molecular weight is 238 g/mol. The Labute approximate surface area is 108 Å². The van der Waals surface area contributed by atoms with Crippen molar-refractivity contribution >= 4 is 0 Å². The standard InChI is InChI=1S/C16H18N2/c1-15(2)11-16(3,12-4-7-17-8-5-12)14-10-18-9-6-13(14)15/h4-10H,11H2,1-3H3. The first-order chi connectivity index (χ1) is 8.54. The summed E-state index contributed by atoms with van der Waals surface area (Å²) < 4.78 is 0. The summed E-state index contributed by atoms with van der Waals surface area (Å²) >= 11 is 0. The lowest BCUT2D eigenvalue weighted by Gasteiger charge is -2.28. The van der Waals surface area contributed by atoms with E-state index in [9.17, 15) is 0 Å². The van der Waals surface area contributed by atoms with Crippen LogP contribution >= 0.6 is 0 Å². The number of hydrogen-bond donors (Lipinski definition) is 0. The summed E-state index contributed by atoms with van der Waals surface area (Å²) in [6.45, 7) is 6.95. The second-order valence-corrected chi connectivity index (χ2v) is 6.05. The topological polar surface area (TPSA) is 25.8 Å². The molecular formula is C16H18N2. The number of hydrogen-bond acceptors (Lipinski definition) is 2. The van der Waals surface area contributed by atoms with Crippen molar-refractivity contribution in [2.45, 2.75) is 38.0 Å².